The SMILES string of the molecule is CCC(Cn1ccc(N)n1)OC. The van der Waals surface area contributed by atoms with Gasteiger partial charge >= 0.3 is 0 Å². The zero-order valence-corrected chi connectivity index (χ0v) is 7.53. The summed E-state index contributed by atoms with van der Waals surface area (Å²) < 4.78 is 7.01. The van der Waals surface area contributed by atoms with Crippen molar-refractivity contribution in [2.45, 2.75) is 26.0 Å². The molecule has 1 rings (SSSR count). The van der Waals surface area contributed by atoms with Crippen molar-refractivity contribution in [2.75, 3.05) is 12.8 Å². The second kappa shape index (κ2) is 4.11. The lowest BCUT2D eigenvalue weighted by Crippen LogP contribution is -2.17. The van der Waals surface area contributed by atoms with Gasteiger partial charge in [-0.2, -0.15) is 5.10 Å². The highest BCUT2D eigenvalue weighted by Crippen LogP contribution is 2.02. The molecule has 0 radical (unpaired) electrons. The van der Waals surface area contributed by atoms with Gasteiger partial charge in [0.05, 0.1) is 12.6 Å². The van der Waals surface area contributed by atoms with Gasteiger partial charge in [0, 0.05) is 13.3 Å². The zero-order chi connectivity index (χ0) is 8.97. The summed E-state index contributed by atoms with van der Waals surface area (Å²) in [4.78, 5) is 0. The van der Waals surface area contributed by atoms with Gasteiger partial charge in [-0.05, 0) is 12.5 Å². The number of ether oxygens (including phenoxy) is 1. The van der Waals surface area contributed by atoms with Crippen LogP contribution in [-0.2, 0) is 11.3 Å². The Morgan fingerprint density at radius 1 is 1.75 bits per heavy atom. The number of rotatable bonds is 4. The summed E-state index contributed by atoms with van der Waals surface area (Å²) in [5, 5.41) is 4.06. The predicted octanol–water partition coefficient (Wildman–Crippen LogP) is 0.890. The Bertz CT molecular complexity index is 230. The van der Waals surface area contributed by atoms with Gasteiger partial charge in [-0.1, -0.05) is 6.92 Å². The maximum Gasteiger partial charge on any atom is 0.145 e. The molecule has 4 heteroatoms. The molecule has 0 saturated carbocycles. The first-order valence-corrected chi connectivity index (χ1v) is 4.08. The molecule has 2 N–H and O–H groups in total. The Morgan fingerprint density at radius 2 is 2.50 bits per heavy atom. The van der Waals surface area contributed by atoms with Gasteiger partial charge < -0.3 is 10.5 Å². The third-order valence-corrected chi connectivity index (χ3v) is 1.84. The van der Waals surface area contributed by atoms with Gasteiger partial charge in [-0.15, -0.1) is 0 Å². The Morgan fingerprint density at radius 3 is 2.92 bits per heavy atom. The highest BCUT2D eigenvalue weighted by Gasteiger charge is 2.05. The van der Waals surface area contributed by atoms with Crippen LogP contribution in [0.5, 0.6) is 0 Å². The van der Waals surface area contributed by atoms with E-state index in [0.29, 0.717) is 5.82 Å². The molecule has 0 aromatic carbocycles. The van der Waals surface area contributed by atoms with E-state index in [1.807, 2.05) is 6.20 Å². The number of anilines is 1. The van der Waals surface area contributed by atoms with Gasteiger partial charge in [0.1, 0.15) is 5.82 Å². The first-order valence-electron chi connectivity index (χ1n) is 4.08. The fraction of sp³-hybridized carbons (Fsp3) is 0.625. The third-order valence-electron chi connectivity index (χ3n) is 1.84. The molecule has 4 nitrogen and oxygen atoms in total. The minimum atomic E-state index is 0.226. The molecule has 1 aromatic rings. The normalized spacial score (nSPS) is 13.2. The Hall–Kier alpha value is -1.03. The molecular weight excluding hydrogens is 154 g/mol. The maximum absolute atomic E-state index is 5.46. The van der Waals surface area contributed by atoms with E-state index in [0.717, 1.165) is 13.0 Å². The Kier molecular flexibility index (Phi) is 3.10. The van der Waals surface area contributed by atoms with Crippen molar-refractivity contribution in [1.29, 1.82) is 0 Å². The Balaban J connectivity index is 2.50. The van der Waals surface area contributed by atoms with Gasteiger partial charge in [0.15, 0.2) is 0 Å². The molecule has 0 aliphatic carbocycles. The number of nitrogens with zero attached hydrogens (tertiary/aromatic N) is 2. The highest BCUT2D eigenvalue weighted by atomic mass is 16.5. The van der Waals surface area contributed by atoms with Crippen LogP contribution in [0, 0.1) is 0 Å². The van der Waals surface area contributed by atoms with Crippen LogP contribution in [0.25, 0.3) is 0 Å². The van der Waals surface area contributed by atoms with E-state index in [-0.39, 0.29) is 6.10 Å². The summed E-state index contributed by atoms with van der Waals surface area (Å²) in [7, 11) is 1.71. The van der Waals surface area contributed by atoms with Crippen LogP contribution in [0.3, 0.4) is 0 Å². The van der Waals surface area contributed by atoms with E-state index in [1.165, 1.54) is 0 Å². The largest absolute Gasteiger partial charge is 0.382 e. The molecule has 0 amide bonds. The summed E-state index contributed by atoms with van der Waals surface area (Å²) in [6.45, 7) is 2.85. The van der Waals surface area contributed by atoms with Crippen molar-refractivity contribution < 1.29 is 4.74 Å². The van der Waals surface area contributed by atoms with Gasteiger partial charge in [0.2, 0.25) is 0 Å². The van der Waals surface area contributed by atoms with Crippen molar-refractivity contribution >= 4 is 5.82 Å². The lowest BCUT2D eigenvalue weighted by molar-refractivity contribution is 0.0816. The standard InChI is InChI=1S/C8H15N3O/c1-3-7(12-2)6-11-5-4-8(9)10-11/h4-5,7H,3,6H2,1-2H3,(H2,9,10). The molecule has 1 unspecified atom stereocenters. The van der Waals surface area contributed by atoms with E-state index in [4.69, 9.17) is 10.5 Å². The quantitative estimate of drug-likeness (QED) is 0.728. The van der Waals surface area contributed by atoms with E-state index < -0.39 is 0 Å². The number of hydrogen-bond donors (Lipinski definition) is 1. The molecule has 12 heavy (non-hydrogen) atoms. The van der Waals surface area contributed by atoms with E-state index in [9.17, 15) is 0 Å². The van der Waals surface area contributed by atoms with Crippen molar-refractivity contribution in [3.05, 3.63) is 12.3 Å². The van der Waals surface area contributed by atoms with Crippen LogP contribution in [0.2, 0.25) is 0 Å². The molecule has 0 aliphatic rings. The second-order valence-corrected chi connectivity index (χ2v) is 2.73. The fourth-order valence-electron chi connectivity index (χ4n) is 1.06. The average molecular weight is 169 g/mol. The predicted molar refractivity (Wildman–Crippen MR) is 47.7 cm³/mol. The van der Waals surface area contributed by atoms with Gasteiger partial charge in [-0.3, -0.25) is 4.68 Å². The lowest BCUT2D eigenvalue weighted by atomic mass is 10.3. The molecule has 0 spiro atoms. The molecular formula is C8H15N3O. The van der Waals surface area contributed by atoms with Crippen molar-refractivity contribution in [3.63, 3.8) is 0 Å². The smallest absolute Gasteiger partial charge is 0.145 e. The lowest BCUT2D eigenvalue weighted by Gasteiger charge is -2.12. The zero-order valence-electron chi connectivity index (χ0n) is 7.53. The number of hydrogen-bond acceptors (Lipinski definition) is 3. The average Bonchev–Trinajstić information content (AvgIpc) is 2.47. The summed E-state index contributed by atoms with van der Waals surface area (Å²) in [5.41, 5.74) is 5.46. The van der Waals surface area contributed by atoms with Crippen LogP contribution in [0.4, 0.5) is 5.82 Å². The van der Waals surface area contributed by atoms with Crippen LogP contribution < -0.4 is 5.73 Å². The van der Waals surface area contributed by atoms with E-state index in [2.05, 4.69) is 12.0 Å². The number of aromatic nitrogens is 2. The molecule has 68 valence electrons. The number of nitrogens with two attached hydrogens (primary N) is 1. The minimum Gasteiger partial charge on any atom is -0.382 e. The van der Waals surface area contributed by atoms with Crippen molar-refractivity contribution in [2.24, 2.45) is 0 Å². The van der Waals surface area contributed by atoms with Crippen LogP contribution in [-0.4, -0.2) is 23.0 Å². The summed E-state index contributed by atoms with van der Waals surface area (Å²) in [5.74, 6) is 0.556. The summed E-state index contributed by atoms with van der Waals surface area (Å²) >= 11 is 0. The molecule has 0 saturated heterocycles. The van der Waals surface area contributed by atoms with E-state index in [1.54, 1.807) is 17.9 Å². The molecule has 1 aromatic heterocycles. The molecule has 0 fully saturated rings. The highest BCUT2D eigenvalue weighted by molar-refractivity contribution is 5.23. The maximum atomic E-state index is 5.46. The van der Waals surface area contributed by atoms with Crippen LogP contribution in [0.1, 0.15) is 13.3 Å². The molecule has 1 heterocycles. The minimum absolute atomic E-state index is 0.226. The molecule has 0 aliphatic heterocycles. The first kappa shape index (κ1) is 9.06. The molecule has 0 bridgehead atoms. The third kappa shape index (κ3) is 2.23. The van der Waals surface area contributed by atoms with E-state index >= 15 is 0 Å². The van der Waals surface area contributed by atoms with Gasteiger partial charge in [0.25, 0.3) is 0 Å². The Labute approximate surface area is 72.3 Å². The molecule has 1 atom stereocenters. The van der Waals surface area contributed by atoms with Crippen LogP contribution >= 0.6 is 0 Å². The number of methoxy groups -OCH3 is 1. The van der Waals surface area contributed by atoms with Gasteiger partial charge in [-0.25, -0.2) is 0 Å². The topological polar surface area (TPSA) is 53.1 Å². The van der Waals surface area contributed by atoms with Crippen molar-refractivity contribution in [3.8, 4) is 0 Å². The van der Waals surface area contributed by atoms with Crippen LogP contribution in [0.15, 0.2) is 12.3 Å². The monoisotopic (exact) mass is 169 g/mol. The van der Waals surface area contributed by atoms with Crippen molar-refractivity contribution in [1.82, 2.24) is 9.78 Å². The number of nitrogen functional groups attached to an aromatic ring is 1. The first-order chi connectivity index (χ1) is 5.76. The fourth-order valence-corrected chi connectivity index (χ4v) is 1.06. The second-order valence-electron chi connectivity index (χ2n) is 2.73. The summed E-state index contributed by atoms with van der Waals surface area (Å²) in [6, 6.07) is 1.78. The summed E-state index contributed by atoms with van der Waals surface area (Å²) in [6.07, 6.45) is 3.07.